The van der Waals surface area contributed by atoms with Gasteiger partial charge in [0.1, 0.15) is 0 Å². The number of nitrogens with one attached hydrogen (secondary N) is 1. The smallest absolute Gasteiger partial charge is 0.248 e. The van der Waals surface area contributed by atoms with E-state index in [9.17, 15) is 13.2 Å². The molecule has 2 rings (SSSR count). The lowest BCUT2D eigenvalue weighted by molar-refractivity contribution is -0.111. The highest BCUT2D eigenvalue weighted by molar-refractivity contribution is 8.02. The standard InChI is InChI=1S/C17H18N2O3S2/c1-19(2)24(21,22)16-10-6-7-14(13-16)18-17(20)11-12-23-15-8-4-3-5-9-15/h3-13H,1-2H3,(H,18,20)/b12-11-. The molecule has 5 nitrogen and oxygen atoms in total. The van der Waals surface area contributed by atoms with Gasteiger partial charge in [-0.3, -0.25) is 4.79 Å². The van der Waals surface area contributed by atoms with E-state index in [4.69, 9.17) is 0 Å². The lowest BCUT2D eigenvalue weighted by atomic mass is 10.3. The quantitative estimate of drug-likeness (QED) is 0.633. The molecular formula is C17H18N2O3S2. The van der Waals surface area contributed by atoms with E-state index >= 15 is 0 Å². The number of thioether (sulfide) groups is 1. The Morgan fingerprint density at radius 2 is 1.79 bits per heavy atom. The summed E-state index contributed by atoms with van der Waals surface area (Å²) in [6.45, 7) is 0. The highest BCUT2D eigenvalue weighted by atomic mass is 32.2. The van der Waals surface area contributed by atoms with Crippen molar-refractivity contribution in [1.29, 1.82) is 0 Å². The van der Waals surface area contributed by atoms with Gasteiger partial charge in [-0.15, -0.1) is 0 Å². The van der Waals surface area contributed by atoms with Crippen LogP contribution in [0.2, 0.25) is 0 Å². The molecule has 0 atom stereocenters. The first-order valence-electron chi connectivity index (χ1n) is 7.11. The fourth-order valence-electron chi connectivity index (χ4n) is 1.80. The van der Waals surface area contributed by atoms with Crippen LogP contribution in [0.1, 0.15) is 0 Å². The number of anilines is 1. The Balaban J connectivity index is 2.02. The van der Waals surface area contributed by atoms with Crippen LogP contribution in [-0.2, 0) is 14.8 Å². The number of carbonyl (C=O) groups is 1. The minimum atomic E-state index is -3.53. The third-order valence-electron chi connectivity index (χ3n) is 3.05. The Hall–Kier alpha value is -2.09. The highest BCUT2D eigenvalue weighted by Crippen LogP contribution is 2.19. The summed E-state index contributed by atoms with van der Waals surface area (Å²) in [4.78, 5) is 13.1. The molecule has 2 aromatic rings. The van der Waals surface area contributed by atoms with E-state index in [-0.39, 0.29) is 10.8 Å². The molecule has 1 N–H and O–H groups in total. The number of rotatable bonds is 6. The molecule has 1 amide bonds. The molecule has 0 saturated heterocycles. The van der Waals surface area contributed by atoms with Crippen molar-refractivity contribution in [1.82, 2.24) is 4.31 Å². The SMILES string of the molecule is CN(C)S(=O)(=O)c1cccc(NC(=O)/C=C\Sc2ccccc2)c1. The molecule has 0 unspecified atom stereocenters. The first-order valence-corrected chi connectivity index (χ1v) is 9.43. The molecule has 0 spiro atoms. The van der Waals surface area contributed by atoms with Crippen molar-refractivity contribution in [3.8, 4) is 0 Å². The maximum atomic E-state index is 12.1. The van der Waals surface area contributed by atoms with E-state index < -0.39 is 10.0 Å². The van der Waals surface area contributed by atoms with Crippen molar-refractivity contribution in [2.75, 3.05) is 19.4 Å². The lowest BCUT2D eigenvalue weighted by Crippen LogP contribution is -2.22. The van der Waals surface area contributed by atoms with Gasteiger partial charge in [0, 0.05) is 30.8 Å². The van der Waals surface area contributed by atoms with Gasteiger partial charge in [-0.25, -0.2) is 12.7 Å². The summed E-state index contributed by atoms with van der Waals surface area (Å²) in [5.74, 6) is -0.321. The minimum Gasteiger partial charge on any atom is -0.322 e. The molecule has 0 aliphatic carbocycles. The molecule has 0 aromatic heterocycles. The molecule has 126 valence electrons. The predicted octanol–water partition coefficient (Wildman–Crippen LogP) is 3.18. The Labute approximate surface area is 146 Å². The van der Waals surface area contributed by atoms with Crippen LogP contribution < -0.4 is 5.32 Å². The van der Waals surface area contributed by atoms with Gasteiger partial charge in [-0.2, -0.15) is 0 Å². The molecular weight excluding hydrogens is 344 g/mol. The second-order valence-electron chi connectivity index (χ2n) is 5.04. The third-order valence-corrected chi connectivity index (χ3v) is 5.67. The summed E-state index contributed by atoms with van der Waals surface area (Å²) in [5.41, 5.74) is 0.428. The van der Waals surface area contributed by atoms with Crippen LogP contribution in [0.25, 0.3) is 0 Å². The number of hydrogen-bond acceptors (Lipinski definition) is 4. The van der Waals surface area contributed by atoms with Crippen molar-refractivity contribution in [2.45, 2.75) is 9.79 Å². The van der Waals surface area contributed by atoms with Gasteiger partial charge in [0.2, 0.25) is 15.9 Å². The fourth-order valence-corrected chi connectivity index (χ4v) is 3.41. The number of hydrogen-bond donors (Lipinski definition) is 1. The molecule has 0 radical (unpaired) electrons. The second kappa shape index (κ2) is 8.14. The summed E-state index contributed by atoms with van der Waals surface area (Å²) >= 11 is 1.43. The topological polar surface area (TPSA) is 66.5 Å². The largest absolute Gasteiger partial charge is 0.322 e. The maximum absolute atomic E-state index is 12.1. The van der Waals surface area contributed by atoms with Gasteiger partial charge in [0.25, 0.3) is 0 Å². The second-order valence-corrected chi connectivity index (χ2v) is 8.17. The van der Waals surface area contributed by atoms with Crippen molar-refractivity contribution in [3.05, 3.63) is 66.1 Å². The minimum absolute atomic E-state index is 0.132. The Bertz CT molecular complexity index is 832. The normalized spacial score (nSPS) is 11.8. The average molecular weight is 362 g/mol. The molecule has 7 heteroatoms. The Kier molecular flexibility index (Phi) is 6.19. The van der Waals surface area contributed by atoms with Crippen molar-refractivity contribution < 1.29 is 13.2 Å². The number of amides is 1. The van der Waals surface area contributed by atoms with E-state index in [1.165, 1.54) is 44.1 Å². The van der Waals surface area contributed by atoms with Crippen molar-refractivity contribution in [3.63, 3.8) is 0 Å². The van der Waals surface area contributed by atoms with Gasteiger partial charge < -0.3 is 5.32 Å². The summed E-state index contributed by atoms with van der Waals surface area (Å²) in [6, 6.07) is 15.8. The van der Waals surface area contributed by atoms with Crippen LogP contribution in [0.4, 0.5) is 5.69 Å². The van der Waals surface area contributed by atoms with Gasteiger partial charge >= 0.3 is 0 Å². The summed E-state index contributed by atoms with van der Waals surface area (Å²) < 4.78 is 25.3. The summed E-state index contributed by atoms with van der Waals surface area (Å²) in [6.07, 6.45) is 1.41. The van der Waals surface area contributed by atoms with Crippen LogP contribution in [0.15, 0.2) is 75.9 Å². The van der Waals surface area contributed by atoms with Crippen LogP contribution in [0.3, 0.4) is 0 Å². The zero-order valence-electron chi connectivity index (χ0n) is 13.3. The van der Waals surface area contributed by atoms with Crippen LogP contribution >= 0.6 is 11.8 Å². The Morgan fingerprint density at radius 1 is 1.08 bits per heavy atom. The first kappa shape index (κ1) is 18.3. The molecule has 0 aliphatic heterocycles. The lowest BCUT2D eigenvalue weighted by Gasteiger charge is -2.12. The zero-order chi connectivity index (χ0) is 17.6. The van der Waals surface area contributed by atoms with Crippen LogP contribution in [0.5, 0.6) is 0 Å². The third kappa shape index (κ3) is 4.95. The maximum Gasteiger partial charge on any atom is 0.248 e. The molecule has 0 aliphatic rings. The average Bonchev–Trinajstić information content (AvgIpc) is 2.56. The summed E-state index contributed by atoms with van der Waals surface area (Å²) in [7, 11) is -0.603. The molecule has 0 fully saturated rings. The van der Waals surface area contributed by atoms with Crippen molar-refractivity contribution in [2.24, 2.45) is 0 Å². The first-order chi connectivity index (χ1) is 11.4. The zero-order valence-corrected chi connectivity index (χ0v) is 15.0. The predicted molar refractivity (Wildman–Crippen MR) is 97.4 cm³/mol. The van der Waals surface area contributed by atoms with Gasteiger partial charge in [0.05, 0.1) is 4.90 Å². The molecule has 24 heavy (non-hydrogen) atoms. The van der Waals surface area contributed by atoms with Gasteiger partial charge in [-0.05, 0) is 35.7 Å². The molecule has 0 bridgehead atoms. The van der Waals surface area contributed by atoms with Gasteiger partial charge in [-0.1, -0.05) is 36.0 Å². The fraction of sp³-hybridized carbons (Fsp3) is 0.118. The van der Waals surface area contributed by atoms with Crippen LogP contribution in [0, 0.1) is 0 Å². The van der Waals surface area contributed by atoms with E-state index in [0.29, 0.717) is 5.69 Å². The summed E-state index contributed by atoms with van der Waals surface area (Å²) in [5, 5.41) is 4.34. The molecule has 0 saturated carbocycles. The molecule has 0 heterocycles. The van der Waals surface area contributed by atoms with Crippen molar-refractivity contribution >= 4 is 33.4 Å². The van der Waals surface area contributed by atoms with E-state index in [2.05, 4.69) is 5.32 Å². The highest BCUT2D eigenvalue weighted by Gasteiger charge is 2.17. The molecule has 2 aromatic carbocycles. The number of benzene rings is 2. The van der Waals surface area contributed by atoms with E-state index in [1.54, 1.807) is 17.5 Å². The number of nitrogens with zero attached hydrogens (tertiary/aromatic N) is 1. The monoisotopic (exact) mass is 362 g/mol. The van der Waals surface area contributed by atoms with Gasteiger partial charge in [0.15, 0.2) is 0 Å². The van der Waals surface area contributed by atoms with E-state index in [1.807, 2.05) is 30.3 Å². The van der Waals surface area contributed by atoms with Crippen LogP contribution in [-0.4, -0.2) is 32.7 Å². The number of carbonyl (C=O) groups excluding carboxylic acids is 1. The number of sulfonamides is 1. The van der Waals surface area contributed by atoms with E-state index in [0.717, 1.165) is 9.20 Å². The Morgan fingerprint density at radius 3 is 2.46 bits per heavy atom.